The van der Waals surface area contributed by atoms with Crippen LogP contribution in [-0.4, -0.2) is 9.54 Å². The second-order valence-electron chi connectivity index (χ2n) is 4.95. The number of hydrogen-bond donors (Lipinski definition) is 2. The molecule has 0 spiro atoms. The standard InChI is InChI=1S/C16H12ClF2N3OS2/c17-12-7-15(25(23)22-16-20-4-5-24-16)13(19)8-14(12)21-9-10-2-1-3-11(18)6-10/h1-8,21H,9H2,(H,20,22). The van der Waals surface area contributed by atoms with E-state index in [-0.39, 0.29) is 22.3 Å². The molecular weight excluding hydrogens is 388 g/mol. The number of aromatic nitrogens is 1. The zero-order valence-electron chi connectivity index (χ0n) is 12.6. The maximum absolute atomic E-state index is 14.3. The van der Waals surface area contributed by atoms with Crippen LogP contribution in [0.4, 0.5) is 19.6 Å². The molecule has 0 amide bonds. The monoisotopic (exact) mass is 399 g/mol. The van der Waals surface area contributed by atoms with Gasteiger partial charge in [-0.2, -0.15) is 4.72 Å². The molecule has 0 aliphatic rings. The highest BCUT2D eigenvalue weighted by Gasteiger charge is 2.21. The number of benzene rings is 2. The van der Waals surface area contributed by atoms with E-state index >= 15 is 0 Å². The summed E-state index contributed by atoms with van der Waals surface area (Å²) < 4.78 is 42.3. The van der Waals surface area contributed by atoms with E-state index in [1.165, 1.54) is 35.6 Å². The molecule has 0 aliphatic carbocycles. The Morgan fingerprint density at radius 1 is 1.24 bits per heavy atom. The third kappa shape index (κ3) is 4.60. The summed E-state index contributed by atoms with van der Waals surface area (Å²) in [6, 6.07) is 8.50. The van der Waals surface area contributed by atoms with Gasteiger partial charge in [-0.1, -0.05) is 23.7 Å². The Morgan fingerprint density at radius 2 is 2.08 bits per heavy atom. The molecule has 2 N–H and O–H groups in total. The van der Waals surface area contributed by atoms with Crippen LogP contribution in [0.25, 0.3) is 0 Å². The fourth-order valence-corrected chi connectivity index (χ4v) is 3.93. The van der Waals surface area contributed by atoms with Crippen molar-refractivity contribution in [2.24, 2.45) is 0 Å². The molecule has 1 atom stereocenters. The predicted octanol–water partition coefficient (Wildman–Crippen LogP) is 4.82. The summed E-state index contributed by atoms with van der Waals surface area (Å²) in [6.45, 7) is 0.275. The first kappa shape index (κ1) is 17.9. The average Bonchev–Trinajstić information content (AvgIpc) is 3.08. The van der Waals surface area contributed by atoms with Crippen LogP contribution >= 0.6 is 22.9 Å². The van der Waals surface area contributed by atoms with E-state index < -0.39 is 17.2 Å². The first-order valence-corrected chi connectivity index (χ1v) is 9.49. The first-order valence-electron chi connectivity index (χ1n) is 7.08. The van der Waals surface area contributed by atoms with Gasteiger partial charge in [0.1, 0.15) is 17.2 Å². The van der Waals surface area contributed by atoms with E-state index in [2.05, 4.69) is 15.0 Å². The van der Waals surface area contributed by atoms with Crippen molar-refractivity contribution in [3.63, 3.8) is 0 Å². The smallest absolute Gasteiger partial charge is 0.226 e. The summed E-state index contributed by atoms with van der Waals surface area (Å²) in [5.74, 6) is -1.02. The highest BCUT2D eigenvalue weighted by molar-refractivity contribution is 7.93. The van der Waals surface area contributed by atoms with Gasteiger partial charge in [-0.25, -0.2) is 13.8 Å². The molecule has 0 fully saturated rings. The van der Waals surface area contributed by atoms with Crippen LogP contribution in [0.3, 0.4) is 0 Å². The lowest BCUT2D eigenvalue weighted by molar-refractivity contribution is 0.570. The summed E-state index contributed by atoms with van der Waals surface area (Å²) in [7, 11) is 0. The lowest BCUT2D eigenvalue weighted by Gasteiger charge is -2.13. The van der Waals surface area contributed by atoms with Crippen LogP contribution in [0, 0.1) is 11.6 Å². The largest absolute Gasteiger partial charge is 0.588 e. The molecule has 130 valence electrons. The summed E-state index contributed by atoms with van der Waals surface area (Å²) in [4.78, 5) is 3.86. The fourth-order valence-electron chi connectivity index (χ4n) is 2.06. The Morgan fingerprint density at radius 3 is 2.80 bits per heavy atom. The van der Waals surface area contributed by atoms with Crippen molar-refractivity contribution in [3.05, 3.63) is 70.2 Å². The topological polar surface area (TPSA) is 60.0 Å². The van der Waals surface area contributed by atoms with Crippen LogP contribution in [-0.2, 0) is 17.9 Å². The molecule has 1 unspecified atom stereocenters. The lowest BCUT2D eigenvalue weighted by atomic mass is 10.2. The quantitative estimate of drug-likeness (QED) is 0.583. The van der Waals surface area contributed by atoms with Crippen molar-refractivity contribution in [2.75, 3.05) is 10.0 Å². The van der Waals surface area contributed by atoms with Gasteiger partial charge < -0.3 is 9.87 Å². The van der Waals surface area contributed by atoms with Gasteiger partial charge in [0.25, 0.3) is 0 Å². The van der Waals surface area contributed by atoms with E-state index in [0.717, 1.165) is 0 Å². The Hall–Kier alpha value is -1.87. The van der Waals surface area contributed by atoms with Gasteiger partial charge in [-0.15, -0.1) is 11.3 Å². The summed E-state index contributed by atoms with van der Waals surface area (Å²) in [5.41, 5.74) is 1.02. The zero-order valence-corrected chi connectivity index (χ0v) is 15.0. The normalized spacial score (nSPS) is 12.0. The highest BCUT2D eigenvalue weighted by atomic mass is 35.5. The number of thiazole rings is 1. The first-order chi connectivity index (χ1) is 12.0. The number of halogens is 3. The van der Waals surface area contributed by atoms with E-state index in [0.29, 0.717) is 16.4 Å². The van der Waals surface area contributed by atoms with Gasteiger partial charge in [0, 0.05) is 30.3 Å². The summed E-state index contributed by atoms with van der Waals surface area (Å²) in [5, 5.41) is 5.28. The molecule has 9 heteroatoms. The van der Waals surface area contributed by atoms with Crippen molar-refractivity contribution in [1.82, 2.24) is 4.98 Å². The van der Waals surface area contributed by atoms with Gasteiger partial charge in [0.15, 0.2) is 5.82 Å². The third-order valence-corrected chi connectivity index (χ3v) is 5.43. The Kier molecular flexibility index (Phi) is 5.74. The molecule has 2 aromatic carbocycles. The minimum Gasteiger partial charge on any atom is -0.588 e. The minimum absolute atomic E-state index is 0.0727. The van der Waals surface area contributed by atoms with Crippen LogP contribution < -0.4 is 10.0 Å². The van der Waals surface area contributed by atoms with Gasteiger partial charge in [-0.3, -0.25) is 0 Å². The van der Waals surface area contributed by atoms with Crippen molar-refractivity contribution < 1.29 is 13.3 Å². The van der Waals surface area contributed by atoms with Crippen molar-refractivity contribution >= 4 is 45.1 Å². The van der Waals surface area contributed by atoms with Crippen LogP contribution in [0.5, 0.6) is 0 Å². The molecule has 0 bridgehead atoms. The zero-order chi connectivity index (χ0) is 17.8. The Labute approximate surface area is 155 Å². The number of nitrogens with one attached hydrogen (secondary N) is 2. The minimum atomic E-state index is -1.82. The molecule has 1 heterocycles. The maximum atomic E-state index is 14.3. The maximum Gasteiger partial charge on any atom is 0.226 e. The average molecular weight is 400 g/mol. The molecule has 1 aromatic heterocycles. The van der Waals surface area contributed by atoms with Crippen molar-refractivity contribution in [3.8, 4) is 0 Å². The highest BCUT2D eigenvalue weighted by Crippen LogP contribution is 2.29. The van der Waals surface area contributed by atoms with Gasteiger partial charge in [-0.05, 0) is 17.7 Å². The van der Waals surface area contributed by atoms with Crippen LogP contribution in [0.2, 0.25) is 5.02 Å². The molecule has 0 radical (unpaired) electrons. The summed E-state index contributed by atoms with van der Waals surface area (Å²) in [6.07, 6.45) is 1.55. The van der Waals surface area contributed by atoms with Crippen LogP contribution in [0.1, 0.15) is 5.56 Å². The van der Waals surface area contributed by atoms with Crippen molar-refractivity contribution in [2.45, 2.75) is 11.4 Å². The number of nitrogens with zero attached hydrogens (tertiary/aromatic N) is 1. The number of hydrogen-bond acceptors (Lipinski definition) is 5. The molecule has 0 saturated carbocycles. The second-order valence-corrected chi connectivity index (χ2v) is 7.44. The fraction of sp³-hybridized carbons (Fsp3) is 0.0625. The molecule has 0 saturated heterocycles. The Bertz CT molecular complexity index is 865. The van der Waals surface area contributed by atoms with E-state index in [1.54, 1.807) is 23.7 Å². The molecule has 0 aliphatic heterocycles. The molecular formula is C16H12ClF2N3OS2. The van der Waals surface area contributed by atoms with Crippen LogP contribution in [0.15, 0.2) is 52.9 Å². The van der Waals surface area contributed by atoms with E-state index in [9.17, 15) is 13.3 Å². The molecule has 3 rings (SSSR count). The lowest BCUT2D eigenvalue weighted by Crippen LogP contribution is -2.15. The molecule has 25 heavy (non-hydrogen) atoms. The number of anilines is 2. The molecule has 4 nitrogen and oxygen atoms in total. The van der Waals surface area contributed by atoms with Gasteiger partial charge in [0.2, 0.25) is 10.0 Å². The summed E-state index contributed by atoms with van der Waals surface area (Å²) >= 11 is 5.57. The second kappa shape index (κ2) is 8.01. The van der Waals surface area contributed by atoms with Gasteiger partial charge >= 0.3 is 0 Å². The Balaban J connectivity index is 1.73. The van der Waals surface area contributed by atoms with Gasteiger partial charge in [0.05, 0.1) is 10.7 Å². The molecule has 3 aromatic rings. The van der Waals surface area contributed by atoms with E-state index in [4.69, 9.17) is 11.6 Å². The third-order valence-electron chi connectivity index (χ3n) is 3.21. The predicted molar refractivity (Wildman–Crippen MR) is 97.3 cm³/mol. The SMILES string of the molecule is [O-][S+](Nc1nccs1)c1cc(Cl)c(NCc2cccc(F)c2)cc1F. The number of rotatable bonds is 6. The van der Waals surface area contributed by atoms with Crippen molar-refractivity contribution in [1.29, 1.82) is 0 Å². The van der Waals surface area contributed by atoms with E-state index in [1.807, 2.05) is 0 Å².